The largest absolute Gasteiger partial charge is 0.370 e. The van der Waals surface area contributed by atoms with Gasteiger partial charge in [-0.15, -0.1) is 0 Å². The average molecular weight is 437 g/mol. The van der Waals surface area contributed by atoms with Gasteiger partial charge in [-0.25, -0.2) is 8.78 Å². The van der Waals surface area contributed by atoms with Crippen LogP contribution in [-0.4, -0.2) is 61.6 Å². The number of carbonyl (C=O) groups excluding carboxylic acids is 2. The molecule has 0 spiro atoms. The predicted octanol–water partition coefficient (Wildman–Crippen LogP) is 2.52. The number of hydrogen-bond donors (Lipinski definition) is 2. The van der Waals surface area contributed by atoms with Crippen LogP contribution in [-0.2, 0) is 14.3 Å². The molecular formula is C22H30F2N4O3. The molecule has 1 aliphatic heterocycles. The summed E-state index contributed by atoms with van der Waals surface area (Å²) in [5.74, 6) is -0.0285. The molecule has 7 nitrogen and oxygen atoms in total. The third kappa shape index (κ3) is 5.05. The Morgan fingerprint density at radius 1 is 1.29 bits per heavy atom. The van der Waals surface area contributed by atoms with Crippen LogP contribution in [0.5, 0.6) is 0 Å². The summed E-state index contributed by atoms with van der Waals surface area (Å²) in [6, 6.07) is 4.09. The van der Waals surface area contributed by atoms with E-state index in [1.54, 1.807) is 6.07 Å². The number of anilines is 2. The third-order valence-electron chi connectivity index (χ3n) is 6.46. The quantitative estimate of drug-likeness (QED) is 0.621. The van der Waals surface area contributed by atoms with Crippen LogP contribution in [0.25, 0.3) is 0 Å². The monoisotopic (exact) mass is 436 g/mol. The van der Waals surface area contributed by atoms with E-state index in [0.717, 1.165) is 25.8 Å². The van der Waals surface area contributed by atoms with Crippen molar-refractivity contribution in [3.8, 4) is 0 Å². The van der Waals surface area contributed by atoms with Gasteiger partial charge in [0.15, 0.2) is 0 Å². The fourth-order valence-corrected chi connectivity index (χ4v) is 4.26. The number of hydrogen-bond acceptors (Lipinski definition) is 5. The fraction of sp³-hybridized carbons (Fsp3) is 0.636. The van der Waals surface area contributed by atoms with Crippen molar-refractivity contribution in [2.24, 2.45) is 11.7 Å². The van der Waals surface area contributed by atoms with Crippen molar-refractivity contribution in [2.75, 3.05) is 43.1 Å². The van der Waals surface area contributed by atoms with Crippen LogP contribution >= 0.6 is 0 Å². The summed E-state index contributed by atoms with van der Waals surface area (Å²) in [6.07, 6.45) is 2.76. The molecular weight excluding hydrogens is 406 g/mol. The molecule has 1 atom stereocenters. The van der Waals surface area contributed by atoms with Gasteiger partial charge >= 0.3 is 0 Å². The number of rotatable bonds is 9. The molecule has 2 aliphatic carbocycles. The van der Waals surface area contributed by atoms with Crippen LogP contribution in [0.2, 0.25) is 0 Å². The second-order valence-electron chi connectivity index (χ2n) is 8.64. The molecule has 31 heavy (non-hydrogen) atoms. The van der Waals surface area contributed by atoms with Gasteiger partial charge < -0.3 is 20.7 Å². The third-order valence-corrected chi connectivity index (χ3v) is 6.46. The van der Waals surface area contributed by atoms with Gasteiger partial charge in [0.25, 0.3) is 12.3 Å². The van der Waals surface area contributed by atoms with Gasteiger partial charge in [0.05, 0.1) is 6.61 Å². The Bertz CT molecular complexity index is 814. The zero-order chi connectivity index (χ0) is 22.0. The molecule has 3 aliphatic rings. The second-order valence-corrected chi connectivity index (χ2v) is 8.64. The molecule has 1 saturated heterocycles. The Hall–Kier alpha value is -2.10. The zero-order valence-corrected chi connectivity index (χ0v) is 17.6. The molecule has 0 radical (unpaired) electrons. The fourth-order valence-electron chi connectivity index (χ4n) is 4.26. The number of carbonyl (C=O) groups is 2. The molecule has 3 fully saturated rings. The maximum Gasteiger partial charge on any atom is 0.265 e. The van der Waals surface area contributed by atoms with Crippen molar-refractivity contribution in [1.82, 2.24) is 4.90 Å². The van der Waals surface area contributed by atoms with Crippen molar-refractivity contribution in [3.63, 3.8) is 0 Å². The van der Waals surface area contributed by atoms with Crippen LogP contribution in [0.4, 0.5) is 20.2 Å². The van der Waals surface area contributed by atoms with Gasteiger partial charge in [-0.2, -0.15) is 0 Å². The van der Waals surface area contributed by atoms with Gasteiger partial charge in [0.2, 0.25) is 5.91 Å². The van der Waals surface area contributed by atoms with Crippen LogP contribution < -0.4 is 16.0 Å². The van der Waals surface area contributed by atoms with Crippen molar-refractivity contribution >= 4 is 23.2 Å². The Kier molecular flexibility index (Phi) is 6.83. The number of alkyl halides is 2. The van der Waals surface area contributed by atoms with Gasteiger partial charge in [-0.3, -0.25) is 14.5 Å². The molecule has 3 N–H and O–H groups in total. The number of ether oxygens (including phenoxy) is 1. The number of amides is 2. The van der Waals surface area contributed by atoms with E-state index in [1.807, 2.05) is 0 Å². The lowest BCUT2D eigenvalue weighted by molar-refractivity contribution is -0.125. The van der Waals surface area contributed by atoms with Crippen molar-refractivity contribution in [2.45, 2.75) is 50.6 Å². The first kappa shape index (κ1) is 22.1. The summed E-state index contributed by atoms with van der Waals surface area (Å²) in [6.45, 7) is 1.56. The highest BCUT2D eigenvalue weighted by atomic mass is 19.3. The van der Waals surface area contributed by atoms with E-state index >= 15 is 0 Å². The lowest BCUT2D eigenvalue weighted by Gasteiger charge is -2.41. The normalized spacial score (nSPS) is 20.8. The molecule has 0 bridgehead atoms. The number of nitrogens with zero attached hydrogens (tertiary/aromatic N) is 2. The van der Waals surface area contributed by atoms with Crippen LogP contribution in [0.15, 0.2) is 18.2 Å². The van der Waals surface area contributed by atoms with Gasteiger partial charge in [0.1, 0.15) is 12.6 Å². The van der Waals surface area contributed by atoms with Crippen molar-refractivity contribution in [1.29, 1.82) is 0 Å². The van der Waals surface area contributed by atoms with E-state index in [-0.39, 0.29) is 36.2 Å². The van der Waals surface area contributed by atoms with E-state index in [0.29, 0.717) is 30.8 Å². The second kappa shape index (κ2) is 9.58. The molecule has 170 valence electrons. The van der Waals surface area contributed by atoms with E-state index < -0.39 is 12.5 Å². The minimum Gasteiger partial charge on any atom is -0.370 e. The molecule has 2 saturated carbocycles. The number of nitrogens with two attached hydrogens (primary N) is 1. The molecule has 0 aromatic heterocycles. The van der Waals surface area contributed by atoms with E-state index in [2.05, 4.69) is 10.2 Å². The average Bonchev–Trinajstić information content (AvgIpc) is 3.52. The molecule has 1 aromatic rings. The molecule has 1 heterocycles. The highest BCUT2D eigenvalue weighted by Gasteiger charge is 2.37. The first-order chi connectivity index (χ1) is 15.0. The SMILES string of the molecule is NC[C@H](C(=O)Nc1ccc(N2CCOCC2=O)cc1C(F)F)N(CC1CC1)C1CCC1. The minimum atomic E-state index is -2.79. The highest BCUT2D eigenvalue weighted by molar-refractivity contribution is 5.97. The smallest absolute Gasteiger partial charge is 0.265 e. The standard InChI is InChI=1S/C22H30F2N4O3/c23-21(24)17-10-16(27-8-9-31-13-20(27)29)6-7-18(17)26-22(30)19(11-25)28(12-14-4-5-14)15-2-1-3-15/h6-7,10,14-15,19,21H,1-5,8-9,11-13,25H2,(H,26,30)/t19-/m1/s1. The molecule has 9 heteroatoms. The molecule has 0 unspecified atom stereocenters. The molecule has 2 amide bonds. The van der Waals surface area contributed by atoms with E-state index in [4.69, 9.17) is 10.5 Å². The van der Waals surface area contributed by atoms with Crippen LogP contribution in [0, 0.1) is 5.92 Å². The molecule has 4 rings (SSSR count). The topological polar surface area (TPSA) is 87.9 Å². The van der Waals surface area contributed by atoms with Crippen LogP contribution in [0.1, 0.15) is 44.1 Å². The summed E-state index contributed by atoms with van der Waals surface area (Å²) in [7, 11) is 0. The number of morpholine rings is 1. The van der Waals surface area contributed by atoms with Crippen molar-refractivity contribution < 1.29 is 23.1 Å². The number of nitrogens with one attached hydrogen (secondary N) is 1. The first-order valence-electron chi connectivity index (χ1n) is 11.0. The van der Waals surface area contributed by atoms with Gasteiger partial charge in [0, 0.05) is 42.6 Å². The maximum atomic E-state index is 13.8. The Labute approximate surface area is 180 Å². The zero-order valence-electron chi connectivity index (χ0n) is 17.6. The van der Waals surface area contributed by atoms with Crippen molar-refractivity contribution in [3.05, 3.63) is 23.8 Å². The minimum absolute atomic E-state index is 0.0582. The summed E-state index contributed by atoms with van der Waals surface area (Å²) in [5, 5.41) is 2.69. The highest BCUT2D eigenvalue weighted by Crippen LogP contribution is 2.36. The van der Waals surface area contributed by atoms with Crippen LogP contribution in [0.3, 0.4) is 0 Å². The maximum absolute atomic E-state index is 13.8. The Morgan fingerprint density at radius 3 is 2.65 bits per heavy atom. The van der Waals surface area contributed by atoms with Gasteiger partial charge in [-0.1, -0.05) is 6.42 Å². The van der Waals surface area contributed by atoms with Gasteiger partial charge in [-0.05, 0) is 49.8 Å². The Morgan fingerprint density at radius 2 is 2.06 bits per heavy atom. The molecule has 1 aromatic carbocycles. The summed E-state index contributed by atoms with van der Waals surface area (Å²) in [4.78, 5) is 28.8. The lowest BCUT2D eigenvalue weighted by Crippen LogP contribution is -2.55. The summed E-state index contributed by atoms with van der Waals surface area (Å²) >= 11 is 0. The van der Waals surface area contributed by atoms with E-state index in [1.165, 1.54) is 29.9 Å². The van der Waals surface area contributed by atoms with E-state index in [9.17, 15) is 18.4 Å². The first-order valence-corrected chi connectivity index (χ1v) is 11.0. The number of halogens is 2. The summed E-state index contributed by atoms with van der Waals surface area (Å²) in [5.41, 5.74) is 6.10. The summed E-state index contributed by atoms with van der Waals surface area (Å²) < 4.78 is 32.7. The number of benzene rings is 1. The lowest BCUT2D eigenvalue weighted by atomic mass is 9.89. The Balaban J connectivity index is 1.52. The predicted molar refractivity (Wildman–Crippen MR) is 113 cm³/mol.